The van der Waals surface area contributed by atoms with Gasteiger partial charge in [0.2, 0.25) is 0 Å². The second-order valence-electron chi connectivity index (χ2n) is 3.35. The van der Waals surface area contributed by atoms with E-state index in [-0.39, 0.29) is 18.3 Å². The summed E-state index contributed by atoms with van der Waals surface area (Å²) in [7, 11) is 1.69. The van der Waals surface area contributed by atoms with Gasteiger partial charge in [0.1, 0.15) is 12.2 Å². The summed E-state index contributed by atoms with van der Waals surface area (Å²) in [5, 5.41) is 0. The van der Waals surface area contributed by atoms with Crippen molar-refractivity contribution in [2.24, 2.45) is 0 Å². The van der Waals surface area contributed by atoms with Gasteiger partial charge in [0.25, 0.3) is 0 Å². The predicted octanol–water partition coefficient (Wildman–Crippen LogP) is 2.24. The van der Waals surface area contributed by atoms with Gasteiger partial charge in [-0.3, -0.25) is 0 Å². The molecular weight excluding hydrogens is 180 g/mol. The van der Waals surface area contributed by atoms with Gasteiger partial charge in [-0.2, -0.15) is 0 Å². The average Bonchev–Trinajstić information content (AvgIpc) is 2.21. The summed E-state index contributed by atoms with van der Waals surface area (Å²) < 4.78 is 16.1. The van der Waals surface area contributed by atoms with Crippen LogP contribution in [-0.2, 0) is 14.2 Å². The van der Waals surface area contributed by atoms with Gasteiger partial charge in [0, 0.05) is 13.5 Å². The van der Waals surface area contributed by atoms with Crippen LogP contribution in [0.5, 0.6) is 0 Å². The molecule has 0 aliphatic heterocycles. The molecule has 1 fully saturated rings. The van der Waals surface area contributed by atoms with Crippen LogP contribution in [0.15, 0.2) is 25.7 Å². The summed E-state index contributed by atoms with van der Waals surface area (Å²) in [6, 6.07) is 0. The van der Waals surface area contributed by atoms with Gasteiger partial charge in [-0.1, -0.05) is 13.2 Å². The molecule has 1 saturated carbocycles. The quantitative estimate of drug-likeness (QED) is 0.634. The van der Waals surface area contributed by atoms with Crippen molar-refractivity contribution in [2.45, 2.75) is 37.6 Å². The second-order valence-corrected chi connectivity index (χ2v) is 3.35. The highest BCUT2D eigenvalue weighted by molar-refractivity contribution is 4.84. The molecule has 3 nitrogen and oxygen atoms in total. The molecule has 3 heteroatoms. The Kier molecular flexibility index (Phi) is 4.53. The Labute approximate surface area is 85.3 Å². The zero-order valence-corrected chi connectivity index (χ0v) is 8.65. The summed E-state index contributed by atoms with van der Waals surface area (Å²) >= 11 is 0. The van der Waals surface area contributed by atoms with E-state index in [1.54, 1.807) is 7.11 Å². The van der Waals surface area contributed by atoms with E-state index in [0.717, 1.165) is 19.3 Å². The maximum atomic E-state index is 5.37. The normalized spacial score (nSPS) is 31.9. The van der Waals surface area contributed by atoms with Crippen molar-refractivity contribution >= 4 is 0 Å². The van der Waals surface area contributed by atoms with E-state index < -0.39 is 0 Å². The molecule has 0 N–H and O–H groups in total. The molecule has 0 aromatic carbocycles. The average molecular weight is 198 g/mol. The summed E-state index contributed by atoms with van der Waals surface area (Å²) in [6.45, 7) is 7.10. The van der Waals surface area contributed by atoms with E-state index in [9.17, 15) is 0 Å². The molecule has 0 aromatic rings. The third-order valence-corrected chi connectivity index (χ3v) is 2.55. The topological polar surface area (TPSA) is 27.7 Å². The predicted molar refractivity (Wildman–Crippen MR) is 54.8 cm³/mol. The first-order valence-corrected chi connectivity index (χ1v) is 4.87. The summed E-state index contributed by atoms with van der Waals surface area (Å²) in [6.07, 6.45) is 6.14. The Balaban J connectivity index is 2.45. The SMILES string of the molecule is C=COC1CCC(OC=C)C(OC)C1. The van der Waals surface area contributed by atoms with Crippen molar-refractivity contribution in [3.8, 4) is 0 Å². The number of ether oxygens (including phenoxy) is 3. The molecule has 0 saturated heterocycles. The van der Waals surface area contributed by atoms with Gasteiger partial charge in [0.15, 0.2) is 0 Å². The van der Waals surface area contributed by atoms with Gasteiger partial charge in [0.05, 0.1) is 18.6 Å². The van der Waals surface area contributed by atoms with Gasteiger partial charge >= 0.3 is 0 Å². The zero-order valence-electron chi connectivity index (χ0n) is 8.65. The monoisotopic (exact) mass is 198 g/mol. The van der Waals surface area contributed by atoms with Gasteiger partial charge in [-0.25, -0.2) is 0 Å². The maximum absolute atomic E-state index is 5.37. The summed E-state index contributed by atoms with van der Waals surface area (Å²) in [5.41, 5.74) is 0. The van der Waals surface area contributed by atoms with E-state index >= 15 is 0 Å². The Morgan fingerprint density at radius 1 is 1.07 bits per heavy atom. The minimum Gasteiger partial charge on any atom is -0.499 e. The molecule has 0 radical (unpaired) electrons. The smallest absolute Gasteiger partial charge is 0.124 e. The lowest BCUT2D eigenvalue weighted by Gasteiger charge is -2.33. The highest BCUT2D eigenvalue weighted by atomic mass is 16.5. The van der Waals surface area contributed by atoms with Crippen molar-refractivity contribution in [1.29, 1.82) is 0 Å². The largest absolute Gasteiger partial charge is 0.499 e. The van der Waals surface area contributed by atoms with E-state index in [4.69, 9.17) is 14.2 Å². The van der Waals surface area contributed by atoms with Gasteiger partial charge in [-0.15, -0.1) is 0 Å². The van der Waals surface area contributed by atoms with Gasteiger partial charge < -0.3 is 14.2 Å². The molecule has 0 aromatic heterocycles. The van der Waals surface area contributed by atoms with Crippen LogP contribution < -0.4 is 0 Å². The molecule has 0 amide bonds. The molecule has 0 heterocycles. The molecule has 3 unspecified atom stereocenters. The lowest BCUT2D eigenvalue weighted by atomic mass is 9.92. The molecule has 0 spiro atoms. The minimum atomic E-state index is 0.0895. The fraction of sp³-hybridized carbons (Fsp3) is 0.636. The number of methoxy groups -OCH3 is 1. The van der Waals surface area contributed by atoms with Crippen LogP contribution in [0.25, 0.3) is 0 Å². The Hall–Kier alpha value is -0.960. The third-order valence-electron chi connectivity index (χ3n) is 2.55. The van der Waals surface area contributed by atoms with Crippen molar-refractivity contribution in [1.82, 2.24) is 0 Å². The van der Waals surface area contributed by atoms with Crippen LogP contribution in [0.1, 0.15) is 19.3 Å². The molecule has 1 aliphatic carbocycles. The fourth-order valence-corrected chi connectivity index (χ4v) is 1.85. The fourth-order valence-electron chi connectivity index (χ4n) is 1.85. The molecule has 3 atom stereocenters. The minimum absolute atomic E-state index is 0.0895. The van der Waals surface area contributed by atoms with Gasteiger partial charge in [-0.05, 0) is 12.8 Å². The Morgan fingerprint density at radius 3 is 2.36 bits per heavy atom. The van der Waals surface area contributed by atoms with Crippen molar-refractivity contribution in [2.75, 3.05) is 7.11 Å². The summed E-state index contributed by atoms with van der Waals surface area (Å²) in [4.78, 5) is 0. The molecule has 14 heavy (non-hydrogen) atoms. The molecule has 0 bridgehead atoms. The number of hydrogen-bond acceptors (Lipinski definition) is 3. The van der Waals surface area contributed by atoms with Crippen LogP contribution in [0.4, 0.5) is 0 Å². The Morgan fingerprint density at radius 2 is 1.79 bits per heavy atom. The number of rotatable bonds is 5. The van der Waals surface area contributed by atoms with Crippen LogP contribution in [0.3, 0.4) is 0 Å². The van der Waals surface area contributed by atoms with Crippen LogP contribution in [0.2, 0.25) is 0 Å². The van der Waals surface area contributed by atoms with Crippen LogP contribution in [-0.4, -0.2) is 25.4 Å². The zero-order chi connectivity index (χ0) is 10.4. The maximum Gasteiger partial charge on any atom is 0.124 e. The Bertz CT molecular complexity index is 191. The third kappa shape index (κ3) is 2.77. The van der Waals surface area contributed by atoms with Crippen LogP contribution in [0, 0.1) is 0 Å². The molecule has 1 aliphatic rings. The molecule has 1 rings (SSSR count). The first kappa shape index (κ1) is 11.1. The highest BCUT2D eigenvalue weighted by Crippen LogP contribution is 2.26. The molecular formula is C11H18O3. The van der Waals surface area contributed by atoms with Crippen molar-refractivity contribution in [3.63, 3.8) is 0 Å². The standard InChI is InChI=1S/C11H18O3/c1-4-13-9-6-7-10(14-5-2)11(8-9)12-3/h4-5,9-11H,1-2,6-8H2,3H3. The van der Waals surface area contributed by atoms with E-state index in [0.29, 0.717) is 0 Å². The second kappa shape index (κ2) is 5.70. The van der Waals surface area contributed by atoms with E-state index in [2.05, 4.69) is 13.2 Å². The van der Waals surface area contributed by atoms with Crippen molar-refractivity contribution in [3.05, 3.63) is 25.7 Å². The van der Waals surface area contributed by atoms with E-state index in [1.165, 1.54) is 12.5 Å². The van der Waals surface area contributed by atoms with E-state index in [1.807, 2.05) is 0 Å². The lowest BCUT2D eigenvalue weighted by molar-refractivity contribution is -0.0769. The van der Waals surface area contributed by atoms with Crippen LogP contribution >= 0.6 is 0 Å². The first-order chi connectivity index (χ1) is 6.81. The van der Waals surface area contributed by atoms with Crippen molar-refractivity contribution < 1.29 is 14.2 Å². The lowest BCUT2D eigenvalue weighted by Crippen LogP contribution is -2.38. The highest BCUT2D eigenvalue weighted by Gasteiger charge is 2.31. The molecule has 80 valence electrons. The number of hydrogen-bond donors (Lipinski definition) is 0. The summed E-state index contributed by atoms with van der Waals surface area (Å²) in [5.74, 6) is 0. The first-order valence-electron chi connectivity index (χ1n) is 4.87.